The first-order valence-corrected chi connectivity index (χ1v) is 6.47. The Kier molecular flexibility index (Phi) is 3.84. The summed E-state index contributed by atoms with van der Waals surface area (Å²) in [7, 11) is 0. The van der Waals surface area contributed by atoms with Crippen LogP contribution in [0.25, 0.3) is 11.4 Å². The molecule has 3 nitrogen and oxygen atoms in total. The first-order chi connectivity index (χ1) is 8.33. The van der Waals surface area contributed by atoms with Gasteiger partial charge in [-0.05, 0) is 18.6 Å². The summed E-state index contributed by atoms with van der Waals surface area (Å²) in [6.45, 7) is 2.03. The number of aromatic nitrogens is 2. The Hall–Kier alpha value is -1.73. The molecule has 86 valence electrons. The molecule has 17 heavy (non-hydrogen) atoms. The van der Waals surface area contributed by atoms with E-state index in [0.29, 0.717) is 0 Å². The summed E-state index contributed by atoms with van der Waals surface area (Å²) in [5.74, 6) is 0.0673. The monoisotopic (exact) mass is 243 g/mol. The van der Waals surface area contributed by atoms with Crippen LogP contribution in [0.2, 0.25) is 0 Å². The maximum Gasteiger partial charge on any atom is 0.0998 e. The predicted octanol–water partition coefficient (Wildman–Crippen LogP) is 3.30. The fraction of sp³-hybridized carbons (Fsp3) is 0.308. The molecule has 0 spiro atoms. The van der Waals surface area contributed by atoms with Crippen LogP contribution in [0.15, 0.2) is 29.8 Å². The van der Waals surface area contributed by atoms with Crippen molar-refractivity contribution < 1.29 is 0 Å². The lowest BCUT2D eigenvalue weighted by Crippen LogP contribution is -1.99. The zero-order valence-electron chi connectivity index (χ0n) is 9.63. The minimum absolute atomic E-state index is 0.0673. The molecule has 4 heteroatoms. The molecule has 0 aliphatic rings. The Bertz CT molecular complexity index is 513. The highest BCUT2D eigenvalue weighted by Crippen LogP contribution is 2.22. The van der Waals surface area contributed by atoms with Crippen molar-refractivity contribution in [3.63, 3.8) is 0 Å². The van der Waals surface area contributed by atoms with Gasteiger partial charge < -0.3 is 0 Å². The normalized spacial score (nSPS) is 12.0. The Morgan fingerprint density at radius 1 is 1.41 bits per heavy atom. The second-order valence-corrected chi connectivity index (χ2v) is 4.72. The van der Waals surface area contributed by atoms with Gasteiger partial charge in [-0.2, -0.15) is 5.26 Å². The van der Waals surface area contributed by atoms with E-state index in [9.17, 15) is 0 Å². The molecule has 0 aliphatic carbocycles. The van der Waals surface area contributed by atoms with Crippen LogP contribution < -0.4 is 0 Å². The van der Waals surface area contributed by atoms with E-state index in [1.165, 1.54) is 0 Å². The summed E-state index contributed by atoms with van der Waals surface area (Å²) in [6, 6.07) is 8.08. The van der Waals surface area contributed by atoms with E-state index in [1.807, 2.05) is 30.5 Å². The summed E-state index contributed by atoms with van der Waals surface area (Å²) in [5, 5.41) is 11.9. The van der Waals surface area contributed by atoms with Crippen molar-refractivity contribution in [3.8, 4) is 17.5 Å². The molecule has 2 rings (SSSR count). The van der Waals surface area contributed by atoms with Crippen LogP contribution >= 0.6 is 11.3 Å². The van der Waals surface area contributed by atoms with E-state index in [0.717, 1.165) is 29.2 Å². The molecule has 0 aromatic carbocycles. The number of nitrogens with zero attached hydrogens (tertiary/aromatic N) is 3. The fourth-order valence-electron chi connectivity index (χ4n) is 1.53. The van der Waals surface area contributed by atoms with Crippen LogP contribution in [0.4, 0.5) is 0 Å². The summed E-state index contributed by atoms with van der Waals surface area (Å²) in [4.78, 5) is 8.78. The van der Waals surface area contributed by atoms with Crippen LogP contribution in [-0.4, -0.2) is 9.97 Å². The molecule has 0 aliphatic heterocycles. The van der Waals surface area contributed by atoms with Gasteiger partial charge in [-0.3, -0.25) is 4.98 Å². The molecule has 0 radical (unpaired) electrons. The molecule has 0 saturated heterocycles. The molecule has 2 aromatic rings. The van der Waals surface area contributed by atoms with Crippen LogP contribution in [-0.2, 0) is 6.42 Å². The molecule has 2 aromatic heterocycles. The molecular formula is C13H13N3S. The SMILES string of the molecule is CCC(C#N)Cc1nc(-c2ccccn2)cs1. The quantitative estimate of drug-likeness (QED) is 0.827. The van der Waals surface area contributed by atoms with Crippen molar-refractivity contribution in [2.75, 3.05) is 0 Å². The lowest BCUT2D eigenvalue weighted by molar-refractivity contribution is 0.636. The molecule has 1 unspecified atom stereocenters. The number of pyridine rings is 1. The van der Waals surface area contributed by atoms with Crippen LogP contribution in [0, 0.1) is 17.2 Å². The molecule has 0 N–H and O–H groups in total. The molecule has 0 bridgehead atoms. The van der Waals surface area contributed by atoms with Crippen molar-refractivity contribution >= 4 is 11.3 Å². The second-order valence-electron chi connectivity index (χ2n) is 3.78. The van der Waals surface area contributed by atoms with Crippen LogP contribution in [0.3, 0.4) is 0 Å². The number of hydrogen-bond acceptors (Lipinski definition) is 4. The third kappa shape index (κ3) is 2.89. The first kappa shape index (κ1) is 11.7. The lowest BCUT2D eigenvalue weighted by atomic mass is 10.1. The average Bonchev–Trinajstić information content (AvgIpc) is 2.85. The minimum Gasteiger partial charge on any atom is -0.255 e. The maximum absolute atomic E-state index is 8.93. The van der Waals surface area contributed by atoms with E-state index < -0.39 is 0 Å². The summed E-state index contributed by atoms with van der Waals surface area (Å²) in [6.07, 6.45) is 3.37. The molecule has 2 heterocycles. The summed E-state index contributed by atoms with van der Waals surface area (Å²) >= 11 is 1.60. The Morgan fingerprint density at radius 2 is 2.29 bits per heavy atom. The largest absolute Gasteiger partial charge is 0.255 e. The Morgan fingerprint density at radius 3 is 2.94 bits per heavy atom. The number of thiazole rings is 1. The Balaban J connectivity index is 2.14. The van der Waals surface area contributed by atoms with E-state index in [1.54, 1.807) is 17.5 Å². The highest BCUT2D eigenvalue weighted by Gasteiger charge is 2.10. The van der Waals surface area contributed by atoms with E-state index in [4.69, 9.17) is 5.26 Å². The van der Waals surface area contributed by atoms with Gasteiger partial charge in [-0.1, -0.05) is 13.0 Å². The molecule has 1 atom stereocenters. The van der Waals surface area contributed by atoms with Gasteiger partial charge in [0, 0.05) is 18.0 Å². The molecule has 0 fully saturated rings. The van der Waals surface area contributed by atoms with Gasteiger partial charge in [0.2, 0.25) is 0 Å². The molecule has 0 amide bonds. The van der Waals surface area contributed by atoms with Crippen LogP contribution in [0.1, 0.15) is 18.4 Å². The van der Waals surface area contributed by atoms with E-state index in [2.05, 4.69) is 16.0 Å². The third-order valence-electron chi connectivity index (χ3n) is 2.58. The maximum atomic E-state index is 8.93. The highest BCUT2D eigenvalue weighted by molar-refractivity contribution is 7.09. The smallest absolute Gasteiger partial charge is 0.0998 e. The highest BCUT2D eigenvalue weighted by atomic mass is 32.1. The number of nitriles is 1. The third-order valence-corrected chi connectivity index (χ3v) is 3.45. The van der Waals surface area contributed by atoms with E-state index in [-0.39, 0.29) is 5.92 Å². The van der Waals surface area contributed by atoms with Crippen molar-refractivity contribution in [3.05, 3.63) is 34.8 Å². The van der Waals surface area contributed by atoms with E-state index >= 15 is 0 Å². The molecule has 0 saturated carbocycles. The van der Waals surface area contributed by atoms with Crippen molar-refractivity contribution in [1.82, 2.24) is 9.97 Å². The van der Waals surface area contributed by atoms with Gasteiger partial charge in [-0.15, -0.1) is 11.3 Å². The number of hydrogen-bond donors (Lipinski definition) is 0. The summed E-state index contributed by atoms with van der Waals surface area (Å²) < 4.78 is 0. The molecular weight excluding hydrogens is 230 g/mol. The fourth-order valence-corrected chi connectivity index (χ4v) is 2.40. The van der Waals surface area contributed by atoms with Gasteiger partial charge in [-0.25, -0.2) is 4.98 Å². The van der Waals surface area contributed by atoms with Crippen molar-refractivity contribution in [2.24, 2.45) is 5.92 Å². The standard InChI is InChI=1S/C13H13N3S/c1-2-10(8-14)7-13-16-12(9-17-13)11-5-3-4-6-15-11/h3-6,9-10H,2,7H2,1H3. The van der Waals surface area contributed by atoms with Gasteiger partial charge >= 0.3 is 0 Å². The zero-order chi connectivity index (χ0) is 12.1. The Labute approximate surface area is 105 Å². The topological polar surface area (TPSA) is 49.6 Å². The van der Waals surface area contributed by atoms with Gasteiger partial charge in [0.05, 0.1) is 28.4 Å². The average molecular weight is 243 g/mol. The zero-order valence-corrected chi connectivity index (χ0v) is 10.4. The van der Waals surface area contributed by atoms with Gasteiger partial charge in [0.15, 0.2) is 0 Å². The first-order valence-electron chi connectivity index (χ1n) is 5.59. The van der Waals surface area contributed by atoms with Gasteiger partial charge in [0.1, 0.15) is 0 Å². The predicted molar refractivity (Wildman–Crippen MR) is 68.4 cm³/mol. The lowest BCUT2D eigenvalue weighted by Gasteiger charge is -2.01. The second kappa shape index (κ2) is 5.55. The minimum atomic E-state index is 0.0673. The van der Waals surface area contributed by atoms with Crippen molar-refractivity contribution in [2.45, 2.75) is 19.8 Å². The van der Waals surface area contributed by atoms with Gasteiger partial charge in [0.25, 0.3) is 0 Å². The van der Waals surface area contributed by atoms with Crippen LogP contribution in [0.5, 0.6) is 0 Å². The summed E-state index contributed by atoms with van der Waals surface area (Å²) in [5.41, 5.74) is 1.79. The van der Waals surface area contributed by atoms with Crippen molar-refractivity contribution in [1.29, 1.82) is 5.26 Å². The number of rotatable bonds is 4.